The van der Waals surface area contributed by atoms with Crippen LogP contribution in [0.2, 0.25) is 0 Å². The molecule has 1 aliphatic carbocycles. The molecule has 2 amide bonds. The van der Waals surface area contributed by atoms with Gasteiger partial charge in [0.15, 0.2) is 0 Å². The van der Waals surface area contributed by atoms with Gasteiger partial charge in [0.25, 0.3) is 5.91 Å². The number of nitrogens with zero attached hydrogens (tertiary/aromatic N) is 1. The topological polar surface area (TPSA) is 49.4 Å². The van der Waals surface area contributed by atoms with Crippen molar-refractivity contribution in [2.45, 2.75) is 57.5 Å². The molecule has 1 aromatic carbocycles. The first-order chi connectivity index (χ1) is 10.2. The molecule has 0 saturated heterocycles. The molecule has 1 aromatic rings. The Labute approximate surface area is 125 Å². The monoisotopic (exact) mass is 286 g/mol. The van der Waals surface area contributed by atoms with Gasteiger partial charge in [0, 0.05) is 6.04 Å². The Morgan fingerprint density at radius 2 is 1.90 bits per heavy atom. The minimum atomic E-state index is -0.393. The number of carbonyl (C=O) groups is 2. The molecule has 1 aliphatic heterocycles. The van der Waals surface area contributed by atoms with Crippen LogP contribution in [0, 0.1) is 0 Å². The Morgan fingerprint density at radius 3 is 2.62 bits per heavy atom. The third-order valence-corrected chi connectivity index (χ3v) is 4.52. The van der Waals surface area contributed by atoms with Crippen LogP contribution in [-0.4, -0.2) is 23.9 Å². The van der Waals surface area contributed by atoms with E-state index >= 15 is 0 Å². The smallest absolute Gasteiger partial charge is 0.254 e. The van der Waals surface area contributed by atoms with Gasteiger partial charge in [-0.1, -0.05) is 38.3 Å². The zero-order chi connectivity index (χ0) is 14.8. The number of hydrogen-bond acceptors (Lipinski definition) is 2. The zero-order valence-electron chi connectivity index (χ0n) is 12.5. The van der Waals surface area contributed by atoms with Gasteiger partial charge in [0.1, 0.15) is 6.04 Å². The molecule has 1 fully saturated rings. The standard InChI is InChI=1S/C17H22N2O2/c1-2-7-14-17(21)19(12-8-3-4-9-12)15-11-6-5-10-13(15)16(20)18-14/h5-6,10-12,14H,2-4,7-9H2,1H3,(H,18,20). The summed E-state index contributed by atoms with van der Waals surface area (Å²) in [4.78, 5) is 27.3. The van der Waals surface area contributed by atoms with Crippen molar-refractivity contribution in [3.8, 4) is 0 Å². The Kier molecular flexibility index (Phi) is 3.95. The van der Waals surface area contributed by atoms with Crippen LogP contribution in [0.1, 0.15) is 55.8 Å². The third-order valence-electron chi connectivity index (χ3n) is 4.52. The van der Waals surface area contributed by atoms with Gasteiger partial charge in [-0.2, -0.15) is 0 Å². The minimum absolute atomic E-state index is 0.0575. The zero-order valence-corrected chi connectivity index (χ0v) is 12.5. The number of rotatable bonds is 3. The van der Waals surface area contributed by atoms with Crippen LogP contribution < -0.4 is 10.2 Å². The summed E-state index contributed by atoms with van der Waals surface area (Å²) >= 11 is 0. The van der Waals surface area contributed by atoms with Crippen LogP contribution in [0.3, 0.4) is 0 Å². The van der Waals surface area contributed by atoms with Gasteiger partial charge in [-0.25, -0.2) is 0 Å². The molecular formula is C17H22N2O2. The summed E-state index contributed by atoms with van der Waals surface area (Å²) in [6.07, 6.45) is 5.97. The van der Waals surface area contributed by atoms with E-state index in [0.717, 1.165) is 37.8 Å². The van der Waals surface area contributed by atoms with Gasteiger partial charge < -0.3 is 10.2 Å². The second kappa shape index (κ2) is 5.88. The second-order valence-electron chi connectivity index (χ2n) is 5.98. The molecule has 1 heterocycles. The maximum absolute atomic E-state index is 12.9. The van der Waals surface area contributed by atoms with E-state index in [0.29, 0.717) is 12.0 Å². The van der Waals surface area contributed by atoms with Crippen LogP contribution >= 0.6 is 0 Å². The Balaban J connectivity index is 2.05. The summed E-state index contributed by atoms with van der Waals surface area (Å²) in [5.74, 6) is -0.0695. The van der Waals surface area contributed by atoms with Crippen LogP contribution in [0.5, 0.6) is 0 Å². The average molecular weight is 286 g/mol. The fraction of sp³-hybridized carbons (Fsp3) is 0.529. The maximum atomic E-state index is 12.9. The van der Waals surface area contributed by atoms with E-state index in [1.807, 2.05) is 36.1 Å². The Bertz CT molecular complexity index is 549. The normalized spacial score (nSPS) is 22.9. The molecule has 1 N–H and O–H groups in total. The predicted octanol–water partition coefficient (Wildman–Crippen LogP) is 2.87. The lowest BCUT2D eigenvalue weighted by atomic mass is 10.1. The highest BCUT2D eigenvalue weighted by atomic mass is 16.2. The van der Waals surface area contributed by atoms with Crippen molar-refractivity contribution in [1.29, 1.82) is 0 Å². The van der Waals surface area contributed by atoms with Gasteiger partial charge in [-0.05, 0) is 31.4 Å². The van der Waals surface area contributed by atoms with Crippen molar-refractivity contribution in [2.75, 3.05) is 4.90 Å². The molecule has 0 aromatic heterocycles. The number of fused-ring (bicyclic) bond motifs is 1. The molecule has 0 bridgehead atoms. The number of para-hydroxylation sites is 1. The minimum Gasteiger partial charge on any atom is -0.340 e. The number of hydrogen-bond donors (Lipinski definition) is 1. The molecule has 21 heavy (non-hydrogen) atoms. The lowest BCUT2D eigenvalue weighted by molar-refractivity contribution is -0.121. The van der Waals surface area contributed by atoms with Gasteiger partial charge in [-0.15, -0.1) is 0 Å². The summed E-state index contributed by atoms with van der Waals surface area (Å²) in [6, 6.07) is 7.33. The van der Waals surface area contributed by atoms with Crippen molar-refractivity contribution in [3.63, 3.8) is 0 Å². The molecule has 1 atom stereocenters. The van der Waals surface area contributed by atoms with E-state index in [1.165, 1.54) is 0 Å². The van der Waals surface area contributed by atoms with Crippen molar-refractivity contribution in [3.05, 3.63) is 29.8 Å². The first-order valence-electron chi connectivity index (χ1n) is 7.95. The molecule has 1 saturated carbocycles. The van der Waals surface area contributed by atoms with Crippen molar-refractivity contribution in [2.24, 2.45) is 0 Å². The number of benzene rings is 1. The van der Waals surface area contributed by atoms with E-state index in [9.17, 15) is 9.59 Å². The summed E-state index contributed by atoms with van der Waals surface area (Å²) in [5.41, 5.74) is 1.40. The molecule has 112 valence electrons. The summed E-state index contributed by atoms with van der Waals surface area (Å²) < 4.78 is 0. The van der Waals surface area contributed by atoms with Gasteiger partial charge in [-0.3, -0.25) is 9.59 Å². The van der Waals surface area contributed by atoms with Crippen LogP contribution in [0.15, 0.2) is 24.3 Å². The average Bonchev–Trinajstić information content (AvgIpc) is 2.98. The predicted molar refractivity (Wildman–Crippen MR) is 82.3 cm³/mol. The highest BCUT2D eigenvalue weighted by Gasteiger charge is 2.37. The molecular weight excluding hydrogens is 264 g/mol. The van der Waals surface area contributed by atoms with Crippen molar-refractivity contribution in [1.82, 2.24) is 5.32 Å². The highest BCUT2D eigenvalue weighted by molar-refractivity contribution is 6.11. The first kappa shape index (κ1) is 14.1. The van der Waals surface area contributed by atoms with E-state index in [2.05, 4.69) is 5.32 Å². The number of amides is 2. The van der Waals surface area contributed by atoms with Gasteiger partial charge >= 0.3 is 0 Å². The maximum Gasteiger partial charge on any atom is 0.254 e. The van der Waals surface area contributed by atoms with Crippen LogP contribution in [0.4, 0.5) is 5.69 Å². The van der Waals surface area contributed by atoms with Crippen molar-refractivity contribution < 1.29 is 9.59 Å². The Morgan fingerprint density at radius 1 is 1.19 bits per heavy atom. The largest absolute Gasteiger partial charge is 0.340 e. The van der Waals surface area contributed by atoms with Crippen molar-refractivity contribution >= 4 is 17.5 Å². The van der Waals surface area contributed by atoms with E-state index in [-0.39, 0.29) is 17.9 Å². The molecule has 0 radical (unpaired) electrons. The number of anilines is 1. The molecule has 1 unspecified atom stereocenters. The van der Waals surface area contributed by atoms with E-state index in [1.54, 1.807) is 0 Å². The Hall–Kier alpha value is -1.84. The number of carbonyl (C=O) groups excluding carboxylic acids is 2. The second-order valence-corrected chi connectivity index (χ2v) is 5.98. The fourth-order valence-electron chi connectivity index (χ4n) is 3.48. The van der Waals surface area contributed by atoms with E-state index < -0.39 is 6.04 Å². The van der Waals surface area contributed by atoms with Crippen LogP contribution in [-0.2, 0) is 4.79 Å². The fourth-order valence-corrected chi connectivity index (χ4v) is 3.48. The first-order valence-corrected chi connectivity index (χ1v) is 7.95. The molecule has 2 aliphatic rings. The highest BCUT2D eigenvalue weighted by Crippen LogP contribution is 2.33. The quantitative estimate of drug-likeness (QED) is 0.929. The molecule has 4 heteroatoms. The lowest BCUT2D eigenvalue weighted by Crippen LogP contribution is -2.49. The van der Waals surface area contributed by atoms with E-state index in [4.69, 9.17) is 0 Å². The van der Waals surface area contributed by atoms with Gasteiger partial charge in [0.05, 0.1) is 11.3 Å². The summed E-state index contributed by atoms with van der Waals surface area (Å²) in [5, 5.41) is 2.91. The third kappa shape index (κ3) is 2.55. The number of nitrogens with one attached hydrogen (secondary N) is 1. The molecule has 0 spiro atoms. The molecule has 4 nitrogen and oxygen atoms in total. The van der Waals surface area contributed by atoms with Gasteiger partial charge in [0.2, 0.25) is 5.91 Å². The molecule has 3 rings (SSSR count). The van der Waals surface area contributed by atoms with Crippen LogP contribution in [0.25, 0.3) is 0 Å². The summed E-state index contributed by atoms with van der Waals surface area (Å²) in [7, 11) is 0. The summed E-state index contributed by atoms with van der Waals surface area (Å²) in [6.45, 7) is 2.04. The lowest BCUT2D eigenvalue weighted by Gasteiger charge is -2.30. The SMILES string of the molecule is CCCC1NC(=O)c2ccccc2N(C2CCCC2)C1=O.